The van der Waals surface area contributed by atoms with Crippen molar-refractivity contribution in [3.63, 3.8) is 0 Å². The van der Waals surface area contributed by atoms with Gasteiger partial charge in [0.1, 0.15) is 0 Å². The van der Waals surface area contributed by atoms with E-state index >= 15 is 0 Å². The second-order valence-corrected chi connectivity index (χ2v) is 3.30. The molecule has 0 aliphatic carbocycles. The average molecular weight is 205 g/mol. The Bertz CT molecular complexity index is 417. The predicted molar refractivity (Wildman–Crippen MR) is 56.1 cm³/mol. The Morgan fingerprint density at radius 1 is 1.20 bits per heavy atom. The van der Waals surface area contributed by atoms with Crippen molar-refractivity contribution in [3.05, 3.63) is 57.3 Å². The third kappa shape index (κ3) is 2.49. The number of hydrogen-bond acceptors (Lipinski definition) is 3. The molecule has 0 spiro atoms. The predicted octanol–water partition coefficient (Wildman–Crippen LogP) is 2.44. The summed E-state index contributed by atoms with van der Waals surface area (Å²) >= 11 is 0. The summed E-state index contributed by atoms with van der Waals surface area (Å²) in [4.78, 5) is 21.8. The molecule has 1 aromatic rings. The molecule has 0 atom stereocenters. The fourth-order valence-electron chi connectivity index (χ4n) is 1.22. The molecule has 0 aromatic heterocycles. The number of hydrogen-bond donors (Lipinski definition) is 0. The standard InChI is InChI=1S/C11H11NO3/c1-8(2)10(12(14)15)11(13)9-6-4-3-5-7-9/h3-7H,1-2H3. The molecule has 0 N–H and O–H groups in total. The van der Waals surface area contributed by atoms with Gasteiger partial charge >= 0.3 is 5.70 Å². The Hall–Kier alpha value is -1.97. The maximum Gasteiger partial charge on any atom is 0.315 e. The lowest BCUT2D eigenvalue weighted by Crippen LogP contribution is -2.13. The lowest BCUT2D eigenvalue weighted by molar-refractivity contribution is -0.417. The molecule has 0 radical (unpaired) electrons. The van der Waals surface area contributed by atoms with Crippen molar-refractivity contribution in [2.24, 2.45) is 0 Å². The molecule has 78 valence electrons. The molecule has 0 heterocycles. The van der Waals surface area contributed by atoms with Gasteiger partial charge in [0.15, 0.2) is 0 Å². The maximum atomic E-state index is 11.7. The quantitative estimate of drug-likeness (QED) is 0.329. The zero-order chi connectivity index (χ0) is 11.4. The second kappa shape index (κ2) is 4.50. The Balaban J connectivity index is 3.15. The number of nitro groups is 1. The molecule has 4 heteroatoms. The van der Waals surface area contributed by atoms with Crippen molar-refractivity contribution >= 4 is 5.78 Å². The van der Waals surface area contributed by atoms with Gasteiger partial charge < -0.3 is 0 Å². The van der Waals surface area contributed by atoms with Crippen molar-refractivity contribution in [2.75, 3.05) is 0 Å². The van der Waals surface area contributed by atoms with Crippen LogP contribution < -0.4 is 0 Å². The van der Waals surface area contributed by atoms with Gasteiger partial charge in [0.25, 0.3) is 5.78 Å². The minimum Gasteiger partial charge on any atom is -0.282 e. The van der Waals surface area contributed by atoms with E-state index in [1.54, 1.807) is 44.2 Å². The molecule has 0 unspecified atom stereocenters. The summed E-state index contributed by atoms with van der Waals surface area (Å²) in [5, 5.41) is 10.7. The van der Waals surface area contributed by atoms with Gasteiger partial charge in [0.05, 0.1) is 4.92 Å². The Kier molecular flexibility index (Phi) is 3.33. The first-order valence-corrected chi connectivity index (χ1v) is 4.45. The highest BCUT2D eigenvalue weighted by atomic mass is 16.6. The third-order valence-electron chi connectivity index (χ3n) is 1.91. The molecule has 0 saturated carbocycles. The topological polar surface area (TPSA) is 60.2 Å². The molecule has 0 bridgehead atoms. The highest BCUT2D eigenvalue weighted by Gasteiger charge is 2.24. The van der Waals surface area contributed by atoms with Crippen LogP contribution in [-0.2, 0) is 0 Å². The maximum absolute atomic E-state index is 11.7. The minimum atomic E-state index is -0.634. The number of rotatable bonds is 3. The van der Waals surface area contributed by atoms with Crippen LogP contribution in [0.4, 0.5) is 0 Å². The van der Waals surface area contributed by atoms with E-state index in [0.29, 0.717) is 11.1 Å². The van der Waals surface area contributed by atoms with Gasteiger partial charge in [-0.15, -0.1) is 0 Å². The minimum absolute atomic E-state index is 0.338. The zero-order valence-electron chi connectivity index (χ0n) is 8.56. The van der Waals surface area contributed by atoms with Crippen LogP contribution in [0.15, 0.2) is 41.6 Å². The zero-order valence-corrected chi connectivity index (χ0v) is 8.56. The molecule has 0 fully saturated rings. The van der Waals surface area contributed by atoms with Crippen molar-refractivity contribution in [1.82, 2.24) is 0 Å². The fourth-order valence-corrected chi connectivity index (χ4v) is 1.22. The molecule has 1 rings (SSSR count). The fraction of sp³-hybridized carbons (Fsp3) is 0.182. The third-order valence-corrected chi connectivity index (χ3v) is 1.91. The molecule has 1 aromatic carbocycles. The highest BCUT2D eigenvalue weighted by Crippen LogP contribution is 2.12. The van der Waals surface area contributed by atoms with Crippen molar-refractivity contribution in [2.45, 2.75) is 13.8 Å². The van der Waals surface area contributed by atoms with Crippen LogP contribution in [0.5, 0.6) is 0 Å². The van der Waals surface area contributed by atoms with Crippen LogP contribution in [0.2, 0.25) is 0 Å². The van der Waals surface area contributed by atoms with Crippen LogP contribution in [0.3, 0.4) is 0 Å². The Morgan fingerprint density at radius 2 is 1.73 bits per heavy atom. The number of carbonyl (C=O) groups excluding carboxylic acids is 1. The first-order valence-electron chi connectivity index (χ1n) is 4.45. The van der Waals surface area contributed by atoms with Crippen LogP contribution in [0, 0.1) is 10.1 Å². The summed E-state index contributed by atoms with van der Waals surface area (Å²) in [6, 6.07) is 8.24. The first kappa shape index (κ1) is 11.1. The second-order valence-electron chi connectivity index (χ2n) is 3.30. The summed E-state index contributed by atoms with van der Waals surface area (Å²) in [6.45, 7) is 3.11. The average Bonchev–Trinajstić information content (AvgIpc) is 2.18. The monoisotopic (exact) mass is 205 g/mol. The molecule has 4 nitrogen and oxygen atoms in total. The van der Waals surface area contributed by atoms with Crippen LogP contribution in [-0.4, -0.2) is 10.7 Å². The van der Waals surface area contributed by atoms with Crippen molar-refractivity contribution < 1.29 is 9.72 Å². The van der Waals surface area contributed by atoms with Crippen LogP contribution >= 0.6 is 0 Å². The van der Waals surface area contributed by atoms with Gasteiger partial charge in [0.2, 0.25) is 0 Å². The van der Waals surface area contributed by atoms with E-state index in [1.807, 2.05) is 0 Å². The van der Waals surface area contributed by atoms with Crippen molar-refractivity contribution in [1.29, 1.82) is 0 Å². The molecule has 0 aliphatic heterocycles. The first-order chi connectivity index (χ1) is 7.04. The van der Waals surface area contributed by atoms with Crippen molar-refractivity contribution in [3.8, 4) is 0 Å². The Labute approximate surface area is 87.4 Å². The Morgan fingerprint density at radius 3 is 2.13 bits per heavy atom. The molecule has 15 heavy (non-hydrogen) atoms. The number of Topliss-reactive ketones (excluding diaryl/α,β-unsaturated/α-hetero) is 1. The van der Waals surface area contributed by atoms with Gasteiger partial charge in [0, 0.05) is 11.1 Å². The molecular formula is C11H11NO3. The van der Waals surface area contributed by atoms with E-state index < -0.39 is 10.7 Å². The SMILES string of the molecule is CC(C)=C(C(=O)c1ccccc1)[N+](=O)[O-]. The summed E-state index contributed by atoms with van der Waals surface area (Å²) in [5.41, 5.74) is 0.403. The number of benzene rings is 1. The van der Waals surface area contributed by atoms with Gasteiger partial charge in [-0.25, -0.2) is 0 Å². The number of nitrogens with zero attached hydrogens (tertiary/aromatic N) is 1. The lowest BCUT2D eigenvalue weighted by atomic mass is 10.1. The van der Waals surface area contributed by atoms with E-state index in [4.69, 9.17) is 0 Å². The molecule has 0 amide bonds. The van der Waals surface area contributed by atoms with E-state index in [9.17, 15) is 14.9 Å². The molecule has 0 saturated heterocycles. The summed E-state index contributed by atoms with van der Waals surface area (Å²) in [7, 11) is 0. The summed E-state index contributed by atoms with van der Waals surface area (Å²) in [6.07, 6.45) is 0. The largest absolute Gasteiger partial charge is 0.315 e. The summed E-state index contributed by atoms with van der Waals surface area (Å²) < 4.78 is 0. The van der Waals surface area contributed by atoms with Gasteiger partial charge in [-0.05, 0) is 13.8 Å². The smallest absolute Gasteiger partial charge is 0.282 e. The number of allylic oxidation sites excluding steroid dienone is 2. The molecule has 0 aliphatic rings. The normalized spacial score (nSPS) is 9.47. The highest BCUT2D eigenvalue weighted by molar-refractivity contribution is 6.07. The van der Waals surface area contributed by atoms with E-state index in [2.05, 4.69) is 0 Å². The van der Waals surface area contributed by atoms with Gasteiger partial charge in [-0.3, -0.25) is 14.9 Å². The number of carbonyl (C=O) groups is 1. The van der Waals surface area contributed by atoms with Gasteiger partial charge in [-0.1, -0.05) is 30.3 Å². The number of ketones is 1. The van der Waals surface area contributed by atoms with E-state index in [-0.39, 0.29) is 5.70 Å². The van der Waals surface area contributed by atoms with E-state index in [0.717, 1.165) is 0 Å². The summed E-state index contributed by atoms with van der Waals surface area (Å²) in [5.74, 6) is -0.541. The van der Waals surface area contributed by atoms with Gasteiger partial charge in [-0.2, -0.15) is 0 Å². The van der Waals surface area contributed by atoms with Crippen LogP contribution in [0.25, 0.3) is 0 Å². The lowest BCUT2D eigenvalue weighted by Gasteiger charge is -1.99. The molecular weight excluding hydrogens is 194 g/mol. The van der Waals surface area contributed by atoms with Crippen LogP contribution in [0.1, 0.15) is 24.2 Å². The van der Waals surface area contributed by atoms with E-state index in [1.165, 1.54) is 0 Å².